The number of likely N-dealkylation sites (tertiary alicyclic amines) is 1. The Kier molecular flexibility index (Phi) is 5.40. The predicted molar refractivity (Wildman–Crippen MR) is 78.7 cm³/mol. The summed E-state index contributed by atoms with van der Waals surface area (Å²) in [5.41, 5.74) is 0.831. The molecule has 2 rings (SSSR count). The number of benzene rings is 1. The van der Waals surface area contributed by atoms with Gasteiger partial charge in [-0.1, -0.05) is 30.3 Å². The zero-order chi connectivity index (χ0) is 16.8. The number of nitrogens with zero attached hydrogens (tertiary/aromatic N) is 1. The predicted octanol–water partition coefficient (Wildman–Crippen LogP) is 1.21. The van der Waals surface area contributed by atoms with Crippen molar-refractivity contribution in [3.8, 4) is 0 Å². The van der Waals surface area contributed by atoms with Gasteiger partial charge in [0.05, 0.1) is 12.6 Å². The highest BCUT2D eigenvalue weighted by Crippen LogP contribution is 2.14. The van der Waals surface area contributed by atoms with Gasteiger partial charge in [-0.25, -0.2) is 9.59 Å². The second-order valence-electron chi connectivity index (χ2n) is 5.15. The number of amides is 2. The van der Waals surface area contributed by atoms with Gasteiger partial charge in [-0.15, -0.1) is 0 Å². The van der Waals surface area contributed by atoms with Gasteiger partial charge in [-0.05, 0) is 5.56 Å². The summed E-state index contributed by atoms with van der Waals surface area (Å²) in [5, 5.41) is 11.6. The Hall–Kier alpha value is -2.77. The summed E-state index contributed by atoms with van der Waals surface area (Å²) in [6, 6.07) is 8.50. The third-order valence-electron chi connectivity index (χ3n) is 3.37. The van der Waals surface area contributed by atoms with Gasteiger partial charge in [-0.2, -0.15) is 0 Å². The van der Waals surface area contributed by atoms with Crippen molar-refractivity contribution in [1.29, 1.82) is 0 Å². The number of rotatable bonds is 4. The van der Waals surface area contributed by atoms with Crippen molar-refractivity contribution >= 4 is 18.2 Å². The first-order chi connectivity index (χ1) is 11.0. The lowest BCUT2D eigenvalue weighted by molar-refractivity contribution is -0.146. The van der Waals surface area contributed by atoms with Crippen LogP contribution in [-0.4, -0.2) is 53.4 Å². The van der Waals surface area contributed by atoms with E-state index in [0.29, 0.717) is 0 Å². The molecule has 1 aliphatic heterocycles. The van der Waals surface area contributed by atoms with Crippen molar-refractivity contribution in [3.05, 3.63) is 35.9 Å². The van der Waals surface area contributed by atoms with Crippen molar-refractivity contribution in [3.63, 3.8) is 0 Å². The topological polar surface area (TPSA) is 105 Å². The highest BCUT2D eigenvalue weighted by Gasteiger charge is 2.38. The maximum absolute atomic E-state index is 11.8. The molecule has 0 bridgehead atoms. The molecule has 1 fully saturated rings. The Morgan fingerprint density at radius 1 is 1.26 bits per heavy atom. The number of carbonyl (C=O) groups is 3. The second kappa shape index (κ2) is 7.48. The monoisotopic (exact) mass is 322 g/mol. The molecule has 1 aliphatic rings. The Labute approximate surface area is 133 Å². The Balaban J connectivity index is 1.89. The summed E-state index contributed by atoms with van der Waals surface area (Å²) in [7, 11) is 0. The standard InChI is InChI=1S/C15H18N2O6/c1-10(18)23-13-8-17(15(20)21)7-12(13)16-14(19)22-9-11-5-3-2-4-6-11/h2-6,12-13H,7-9H2,1H3,(H,16,19)(H,20,21)/t12-,13-/m1/s1. The molecule has 0 aromatic heterocycles. The first kappa shape index (κ1) is 16.6. The minimum Gasteiger partial charge on any atom is -0.465 e. The molecule has 2 atom stereocenters. The van der Waals surface area contributed by atoms with E-state index in [1.165, 1.54) is 6.92 Å². The van der Waals surface area contributed by atoms with Crippen LogP contribution in [0.4, 0.5) is 9.59 Å². The smallest absolute Gasteiger partial charge is 0.407 e. The lowest BCUT2D eigenvalue weighted by Crippen LogP contribution is -2.44. The van der Waals surface area contributed by atoms with Crippen LogP contribution in [0.2, 0.25) is 0 Å². The molecular formula is C15H18N2O6. The van der Waals surface area contributed by atoms with Gasteiger partial charge >= 0.3 is 18.2 Å². The highest BCUT2D eigenvalue weighted by atomic mass is 16.6. The van der Waals surface area contributed by atoms with Gasteiger partial charge in [-0.3, -0.25) is 4.79 Å². The van der Waals surface area contributed by atoms with Crippen LogP contribution in [0.5, 0.6) is 0 Å². The first-order valence-corrected chi connectivity index (χ1v) is 7.08. The second-order valence-corrected chi connectivity index (χ2v) is 5.15. The Bertz CT molecular complexity index is 577. The molecule has 2 N–H and O–H groups in total. The van der Waals surface area contributed by atoms with E-state index in [-0.39, 0.29) is 19.7 Å². The molecule has 0 aliphatic carbocycles. The van der Waals surface area contributed by atoms with Crippen molar-refractivity contribution < 1.29 is 29.0 Å². The van der Waals surface area contributed by atoms with Crippen molar-refractivity contribution in [2.45, 2.75) is 25.7 Å². The SMILES string of the molecule is CC(=O)O[C@@H]1CN(C(=O)O)C[C@H]1NC(=O)OCc1ccccc1. The number of hydrogen-bond acceptors (Lipinski definition) is 5. The van der Waals surface area contributed by atoms with Crippen LogP contribution >= 0.6 is 0 Å². The molecular weight excluding hydrogens is 304 g/mol. The molecule has 0 spiro atoms. The normalized spacial score (nSPS) is 20.0. The van der Waals surface area contributed by atoms with E-state index in [9.17, 15) is 14.4 Å². The molecule has 2 amide bonds. The minimum absolute atomic E-state index is 0.0124. The van der Waals surface area contributed by atoms with E-state index >= 15 is 0 Å². The molecule has 1 saturated heterocycles. The molecule has 0 saturated carbocycles. The van der Waals surface area contributed by atoms with E-state index in [0.717, 1.165) is 10.5 Å². The largest absolute Gasteiger partial charge is 0.465 e. The third kappa shape index (κ3) is 4.87. The number of carbonyl (C=O) groups excluding carboxylic acids is 2. The maximum atomic E-state index is 11.8. The van der Waals surface area contributed by atoms with Crippen LogP contribution in [-0.2, 0) is 20.9 Å². The van der Waals surface area contributed by atoms with Gasteiger partial charge in [0, 0.05) is 13.5 Å². The van der Waals surface area contributed by atoms with Crippen LogP contribution in [0.3, 0.4) is 0 Å². The molecule has 124 valence electrons. The fourth-order valence-electron chi connectivity index (χ4n) is 2.32. The van der Waals surface area contributed by atoms with Crippen LogP contribution < -0.4 is 5.32 Å². The molecule has 8 heteroatoms. The molecule has 0 radical (unpaired) electrons. The Morgan fingerprint density at radius 3 is 2.57 bits per heavy atom. The summed E-state index contributed by atoms with van der Waals surface area (Å²) in [6.45, 7) is 1.38. The molecule has 1 aromatic carbocycles. The average Bonchev–Trinajstić information content (AvgIpc) is 2.88. The van der Waals surface area contributed by atoms with E-state index in [4.69, 9.17) is 14.6 Å². The van der Waals surface area contributed by atoms with Crippen molar-refractivity contribution in [1.82, 2.24) is 10.2 Å². The van der Waals surface area contributed by atoms with Gasteiger partial charge in [0.15, 0.2) is 0 Å². The number of ether oxygens (including phenoxy) is 2. The quantitative estimate of drug-likeness (QED) is 0.807. The highest BCUT2D eigenvalue weighted by molar-refractivity contribution is 5.70. The molecule has 8 nitrogen and oxygen atoms in total. The zero-order valence-electron chi connectivity index (χ0n) is 12.6. The average molecular weight is 322 g/mol. The van der Waals surface area contributed by atoms with Crippen molar-refractivity contribution in [2.75, 3.05) is 13.1 Å². The van der Waals surface area contributed by atoms with Gasteiger partial charge < -0.3 is 24.8 Å². The van der Waals surface area contributed by atoms with Gasteiger partial charge in [0.25, 0.3) is 0 Å². The lowest BCUT2D eigenvalue weighted by atomic mass is 10.2. The van der Waals surface area contributed by atoms with E-state index in [1.807, 2.05) is 30.3 Å². The van der Waals surface area contributed by atoms with Crippen LogP contribution in [0, 0.1) is 0 Å². The fraction of sp³-hybridized carbons (Fsp3) is 0.400. The van der Waals surface area contributed by atoms with Gasteiger partial charge in [0.2, 0.25) is 0 Å². The third-order valence-corrected chi connectivity index (χ3v) is 3.37. The lowest BCUT2D eigenvalue weighted by Gasteiger charge is -2.18. The Morgan fingerprint density at radius 2 is 1.96 bits per heavy atom. The number of hydrogen-bond donors (Lipinski definition) is 2. The summed E-state index contributed by atoms with van der Waals surface area (Å²) < 4.78 is 10.1. The summed E-state index contributed by atoms with van der Waals surface area (Å²) >= 11 is 0. The number of nitrogens with one attached hydrogen (secondary N) is 1. The minimum atomic E-state index is -1.14. The molecule has 23 heavy (non-hydrogen) atoms. The summed E-state index contributed by atoms with van der Waals surface area (Å²) in [4.78, 5) is 35.0. The van der Waals surface area contributed by atoms with Crippen LogP contribution in [0.15, 0.2) is 30.3 Å². The van der Waals surface area contributed by atoms with Gasteiger partial charge in [0.1, 0.15) is 12.7 Å². The van der Waals surface area contributed by atoms with Crippen LogP contribution in [0.1, 0.15) is 12.5 Å². The van der Waals surface area contributed by atoms with E-state index in [2.05, 4.69) is 5.32 Å². The van der Waals surface area contributed by atoms with E-state index in [1.54, 1.807) is 0 Å². The maximum Gasteiger partial charge on any atom is 0.407 e. The van der Waals surface area contributed by atoms with Crippen molar-refractivity contribution in [2.24, 2.45) is 0 Å². The van der Waals surface area contributed by atoms with E-state index < -0.39 is 30.3 Å². The zero-order valence-corrected chi connectivity index (χ0v) is 12.6. The molecule has 1 heterocycles. The summed E-state index contributed by atoms with van der Waals surface area (Å²) in [6.07, 6.45) is -2.56. The first-order valence-electron chi connectivity index (χ1n) is 7.08. The fourth-order valence-corrected chi connectivity index (χ4v) is 2.32. The number of carboxylic acid groups (broad SMARTS) is 1. The number of alkyl carbamates (subject to hydrolysis) is 1. The number of esters is 1. The molecule has 0 unspecified atom stereocenters. The molecule has 1 aromatic rings. The van der Waals surface area contributed by atoms with Crippen LogP contribution in [0.25, 0.3) is 0 Å². The summed E-state index contributed by atoms with van der Waals surface area (Å²) in [5.74, 6) is -0.535.